The van der Waals surface area contributed by atoms with Crippen molar-refractivity contribution in [2.45, 2.75) is 38.8 Å². The molecule has 1 aromatic carbocycles. The van der Waals surface area contributed by atoms with E-state index in [1.165, 1.54) is 18.1 Å². The van der Waals surface area contributed by atoms with Gasteiger partial charge >= 0.3 is 0 Å². The molecule has 1 rings (SSSR count). The third-order valence-electron chi connectivity index (χ3n) is 3.15. The van der Waals surface area contributed by atoms with Crippen LogP contribution in [0.25, 0.3) is 0 Å². The minimum Gasteiger partial charge on any atom is -0.107 e. The van der Waals surface area contributed by atoms with Gasteiger partial charge in [0.15, 0.2) is 0 Å². The van der Waals surface area contributed by atoms with Crippen molar-refractivity contribution in [1.82, 2.24) is 0 Å². The Balaban J connectivity index is 2.65. The van der Waals surface area contributed by atoms with Gasteiger partial charge in [0.25, 0.3) is 0 Å². The summed E-state index contributed by atoms with van der Waals surface area (Å²) in [5, 5.41) is 0. The van der Waals surface area contributed by atoms with Crippen molar-refractivity contribution in [1.29, 1.82) is 0 Å². The van der Waals surface area contributed by atoms with Crippen molar-refractivity contribution in [3.05, 3.63) is 35.9 Å². The van der Waals surface area contributed by atoms with Crippen LogP contribution in [0.5, 0.6) is 0 Å². The molecule has 0 heterocycles. The summed E-state index contributed by atoms with van der Waals surface area (Å²) in [5.74, 6) is 0.768. The predicted octanol–water partition coefficient (Wildman–Crippen LogP) is 4.70. The van der Waals surface area contributed by atoms with Gasteiger partial charge in [-0.1, -0.05) is 51.1 Å². The predicted molar refractivity (Wildman–Crippen MR) is 72.3 cm³/mol. The number of benzene rings is 1. The molecule has 15 heavy (non-hydrogen) atoms. The molecule has 84 valence electrons. The summed E-state index contributed by atoms with van der Waals surface area (Å²) in [6, 6.07) is 11.0. The SMILES string of the molecule is CCC(CP(C)C(C)C)c1ccccc1. The highest BCUT2D eigenvalue weighted by atomic mass is 31.1. The maximum absolute atomic E-state index is 2.44. The molecule has 0 spiro atoms. The standard InChI is InChI=1S/C14H23P/c1-5-13(11-15(4)12(2)3)14-9-7-6-8-10-14/h6-10,12-13H,5,11H2,1-4H3. The Morgan fingerprint density at radius 1 is 1.13 bits per heavy atom. The Morgan fingerprint density at radius 2 is 1.73 bits per heavy atom. The van der Waals surface area contributed by atoms with E-state index in [2.05, 4.69) is 57.8 Å². The molecule has 0 nitrogen and oxygen atoms in total. The van der Waals surface area contributed by atoms with Crippen molar-refractivity contribution >= 4 is 7.92 Å². The van der Waals surface area contributed by atoms with Gasteiger partial charge in [-0.25, -0.2) is 0 Å². The summed E-state index contributed by atoms with van der Waals surface area (Å²) < 4.78 is 0. The fraction of sp³-hybridized carbons (Fsp3) is 0.571. The molecule has 0 fully saturated rings. The van der Waals surface area contributed by atoms with E-state index < -0.39 is 0 Å². The van der Waals surface area contributed by atoms with Crippen LogP contribution in [0, 0.1) is 0 Å². The maximum Gasteiger partial charge on any atom is -0.0125 e. The summed E-state index contributed by atoms with van der Waals surface area (Å²) in [7, 11) is 0.192. The third kappa shape index (κ3) is 3.95. The minimum atomic E-state index is 0.192. The van der Waals surface area contributed by atoms with Gasteiger partial charge < -0.3 is 0 Å². The molecule has 0 radical (unpaired) electrons. The molecule has 2 unspecified atom stereocenters. The molecular formula is C14H23P. The van der Waals surface area contributed by atoms with E-state index in [0.29, 0.717) is 0 Å². The Morgan fingerprint density at radius 3 is 2.20 bits per heavy atom. The van der Waals surface area contributed by atoms with Gasteiger partial charge in [0.1, 0.15) is 0 Å². The van der Waals surface area contributed by atoms with Crippen LogP contribution >= 0.6 is 7.92 Å². The van der Waals surface area contributed by atoms with E-state index in [1.807, 2.05) is 0 Å². The van der Waals surface area contributed by atoms with Crippen molar-refractivity contribution in [2.75, 3.05) is 12.8 Å². The molecule has 1 heteroatoms. The van der Waals surface area contributed by atoms with Gasteiger partial charge in [-0.2, -0.15) is 0 Å². The Bertz CT molecular complexity index is 266. The molecule has 0 aliphatic rings. The molecule has 0 amide bonds. The average Bonchev–Trinajstić information content (AvgIpc) is 2.26. The van der Waals surface area contributed by atoms with Gasteiger partial charge in [0.2, 0.25) is 0 Å². The first-order chi connectivity index (χ1) is 7.15. The minimum absolute atomic E-state index is 0.192. The van der Waals surface area contributed by atoms with Crippen molar-refractivity contribution < 1.29 is 0 Å². The lowest BCUT2D eigenvalue weighted by Gasteiger charge is -2.23. The zero-order chi connectivity index (χ0) is 11.3. The van der Waals surface area contributed by atoms with E-state index in [0.717, 1.165) is 11.6 Å². The second-order valence-corrected chi connectivity index (χ2v) is 7.46. The van der Waals surface area contributed by atoms with E-state index >= 15 is 0 Å². The molecular weight excluding hydrogens is 199 g/mol. The highest BCUT2D eigenvalue weighted by Crippen LogP contribution is 2.42. The van der Waals surface area contributed by atoms with Gasteiger partial charge in [-0.15, -0.1) is 7.92 Å². The third-order valence-corrected chi connectivity index (χ3v) is 5.93. The lowest BCUT2D eigenvalue weighted by molar-refractivity contribution is 0.737. The molecule has 0 aliphatic heterocycles. The van der Waals surface area contributed by atoms with Crippen molar-refractivity contribution in [3.63, 3.8) is 0 Å². The van der Waals surface area contributed by atoms with Crippen LogP contribution in [0.1, 0.15) is 38.7 Å². The molecule has 0 bridgehead atoms. The van der Waals surface area contributed by atoms with Crippen LogP contribution < -0.4 is 0 Å². The molecule has 0 saturated heterocycles. The van der Waals surface area contributed by atoms with Crippen LogP contribution in [0.4, 0.5) is 0 Å². The van der Waals surface area contributed by atoms with E-state index in [9.17, 15) is 0 Å². The summed E-state index contributed by atoms with van der Waals surface area (Å²) in [6.45, 7) is 9.44. The van der Waals surface area contributed by atoms with E-state index in [4.69, 9.17) is 0 Å². The van der Waals surface area contributed by atoms with E-state index in [1.54, 1.807) is 0 Å². The van der Waals surface area contributed by atoms with Crippen LogP contribution in [-0.4, -0.2) is 18.5 Å². The Labute approximate surface area is 95.9 Å². The zero-order valence-corrected chi connectivity index (χ0v) is 11.3. The molecule has 1 aromatic rings. The van der Waals surface area contributed by atoms with E-state index in [-0.39, 0.29) is 7.92 Å². The lowest BCUT2D eigenvalue weighted by Crippen LogP contribution is -2.06. The summed E-state index contributed by atoms with van der Waals surface area (Å²) in [5.41, 5.74) is 2.38. The molecule has 0 N–H and O–H groups in total. The first-order valence-corrected chi connectivity index (χ1v) is 7.94. The molecule has 0 aromatic heterocycles. The highest BCUT2D eigenvalue weighted by Gasteiger charge is 2.14. The van der Waals surface area contributed by atoms with Gasteiger partial charge in [0.05, 0.1) is 0 Å². The van der Waals surface area contributed by atoms with Gasteiger partial charge in [-0.3, -0.25) is 0 Å². The second-order valence-electron chi connectivity index (χ2n) is 4.55. The lowest BCUT2D eigenvalue weighted by atomic mass is 9.99. The largest absolute Gasteiger partial charge is 0.107 e. The Kier molecular flexibility index (Phi) is 5.32. The Hall–Kier alpha value is -0.350. The van der Waals surface area contributed by atoms with Gasteiger partial charge in [-0.05, 0) is 36.4 Å². The summed E-state index contributed by atoms with van der Waals surface area (Å²) >= 11 is 0. The normalized spacial score (nSPS) is 15.3. The molecule has 0 saturated carbocycles. The highest BCUT2D eigenvalue weighted by molar-refractivity contribution is 7.57. The first kappa shape index (κ1) is 12.7. The number of hydrogen-bond acceptors (Lipinski definition) is 0. The van der Waals surface area contributed by atoms with Crippen molar-refractivity contribution in [3.8, 4) is 0 Å². The monoisotopic (exact) mass is 222 g/mol. The summed E-state index contributed by atoms with van der Waals surface area (Å²) in [4.78, 5) is 0. The fourth-order valence-electron chi connectivity index (χ4n) is 1.75. The number of hydrogen-bond donors (Lipinski definition) is 0. The maximum atomic E-state index is 2.44. The van der Waals surface area contributed by atoms with Gasteiger partial charge in [0, 0.05) is 0 Å². The fourth-order valence-corrected chi connectivity index (χ4v) is 3.34. The molecule has 2 atom stereocenters. The topological polar surface area (TPSA) is 0 Å². The number of rotatable bonds is 5. The van der Waals surface area contributed by atoms with Crippen LogP contribution in [-0.2, 0) is 0 Å². The molecule has 0 aliphatic carbocycles. The second kappa shape index (κ2) is 6.28. The smallest absolute Gasteiger partial charge is 0.0125 e. The van der Waals surface area contributed by atoms with Crippen LogP contribution in [0.3, 0.4) is 0 Å². The average molecular weight is 222 g/mol. The van der Waals surface area contributed by atoms with Crippen molar-refractivity contribution in [2.24, 2.45) is 0 Å². The zero-order valence-electron chi connectivity index (χ0n) is 10.4. The first-order valence-electron chi connectivity index (χ1n) is 5.90. The van der Waals surface area contributed by atoms with Crippen LogP contribution in [0.2, 0.25) is 0 Å². The van der Waals surface area contributed by atoms with Crippen LogP contribution in [0.15, 0.2) is 30.3 Å². The quantitative estimate of drug-likeness (QED) is 0.633. The summed E-state index contributed by atoms with van der Waals surface area (Å²) in [6.07, 6.45) is 2.65.